The first-order valence-corrected chi connectivity index (χ1v) is 3.32. The summed E-state index contributed by atoms with van der Waals surface area (Å²) in [5.41, 5.74) is 0. The van der Waals surface area contributed by atoms with Crippen LogP contribution in [-0.2, 0) is 0 Å². The summed E-state index contributed by atoms with van der Waals surface area (Å²) in [4.78, 5) is 3.94. The fourth-order valence-electron chi connectivity index (χ4n) is 0.644. The number of halogens is 2. The molecule has 1 rings (SSSR count). The van der Waals surface area contributed by atoms with Gasteiger partial charge in [0, 0.05) is 0 Å². The maximum absolute atomic E-state index is 5.72. The van der Waals surface area contributed by atoms with Gasteiger partial charge in [-0.2, -0.15) is 0 Å². The van der Waals surface area contributed by atoms with Crippen LogP contribution in [0.4, 0.5) is 0 Å². The number of aliphatic imine (C=N–C) groups is 1. The van der Waals surface area contributed by atoms with Crippen molar-refractivity contribution >= 4 is 29.4 Å². The molecule has 0 aromatic carbocycles. The van der Waals surface area contributed by atoms with Gasteiger partial charge in [-0.1, -0.05) is 23.2 Å². The molecule has 0 aliphatic carbocycles. The Balaban J connectivity index is 2.50. The van der Waals surface area contributed by atoms with Gasteiger partial charge < -0.3 is 0 Å². The molecule has 0 aromatic rings. The van der Waals surface area contributed by atoms with Gasteiger partial charge in [-0.15, -0.1) is 0 Å². The van der Waals surface area contributed by atoms with E-state index in [4.69, 9.17) is 23.2 Å². The van der Waals surface area contributed by atoms with Crippen molar-refractivity contribution in [2.45, 2.75) is 17.2 Å². The standard InChI is InChI=1S/C5H7Cl2N/c6-5(7)2-1-3-8-4-5/h3H,1-2,4H2. The minimum absolute atomic E-state index is 0.552. The van der Waals surface area contributed by atoms with Gasteiger partial charge in [0.2, 0.25) is 0 Å². The summed E-state index contributed by atoms with van der Waals surface area (Å²) in [6, 6.07) is 0. The maximum atomic E-state index is 5.72. The molecular formula is C5H7Cl2N. The van der Waals surface area contributed by atoms with Gasteiger partial charge in [0.25, 0.3) is 0 Å². The summed E-state index contributed by atoms with van der Waals surface area (Å²) < 4.78 is -0.575. The predicted molar refractivity (Wildman–Crippen MR) is 37.0 cm³/mol. The lowest BCUT2D eigenvalue weighted by atomic mass is 10.2. The zero-order valence-corrected chi connectivity index (χ0v) is 5.91. The van der Waals surface area contributed by atoms with Crippen molar-refractivity contribution in [1.82, 2.24) is 0 Å². The molecule has 1 aliphatic heterocycles. The van der Waals surface area contributed by atoms with Crippen molar-refractivity contribution in [1.29, 1.82) is 0 Å². The third-order valence-electron chi connectivity index (χ3n) is 1.09. The van der Waals surface area contributed by atoms with Crippen molar-refractivity contribution in [3.8, 4) is 0 Å². The number of alkyl halides is 2. The van der Waals surface area contributed by atoms with Gasteiger partial charge in [-0.3, -0.25) is 4.99 Å². The van der Waals surface area contributed by atoms with Crippen LogP contribution in [0.25, 0.3) is 0 Å². The molecule has 0 amide bonds. The van der Waals surface area contributed by atoms with Crippen LogP contribution in [0, 0.1) is 0 Å². The van der Waals surface area contributed by atoms with Crippen LogP contribution < -0.4 is 0 Å². The third kappa shape index (κ3) is 1.64. The second-order valence-electron chi connectivity index (χ2n) is 1.92. The van der Waals surface area contributed by atoms with E-state index < -0.39 is 4.33 Å². The SMILES string of the molecule is ClC1(Cl)CCC=NC1. The molecule has 0 N–H and O–H groups in total. The minimum atomic E-state index is -0.575. The highest BCUT2D eigenvalue weighted by atomic mass is 35.5. The average molecular weight is 152 g/mol. The third-order valence-corrected chi connectivity index (χ3v) is 1.71. The van der Waals surface area contributed by atoms with E-state index in [2.05, 4.69) is 4.99 Å². The van der Waals surface area contributed by atoms with Gasteiger partial charge in [-0.05, 0) is 19.1 Å². The zero-order valence-electron chi connectivity index (χ0n) is 4.40. The summed E-state index contributed by atoms with van der Waals surface area (Å²) >= 11 is 11.4. The lowest BCUT2D eigenvalue weighted by Crippen LogP contribution is -2.20. The molecule has 0 spiro atoms. The molecule has 0 bridgehead atoms. The molecule has 0 radical (unpaired) electrons. The topological polar surface area (TPSA) is 12.4 Å². The van der Waals surface area contributed by atoms with Crippen LogP contribution in [0.15, 0.2) is 4.99 Å². The van der Waals surface area contributed by atoms with Crippen LogP contribution in [0.1, 0.15) is 12.8 Å². The Bertz CT molecular complexity index is 109. The predicted octanol–water partition coefficient (Wildman–Crippen LogP) is 2.02. The van der Waals surface area contributed by atoms with Gasteiger partial charge >= 0.3 is 0 Å². The molecule has 1 nitrogen and oxygen atoms in total. The Morgan fingerprint density at radius 1 is 1.50 bits per heavy atom. The summed E-state index contributed by atoms with van der Waals surface area (Å²) in [7, 11) is 0. The van der Waals surface area contributed by atoms with Crippen molar-refractivity contribution < 1.29 is 0 Å². The molecule has 0 saturated carbocycles. The monoisotopic (exact) mass is 151 g/mol. The fraction of sp³-hybridized carbons (Fsp3) is 0.800. The average Bonchev–Trinajstić information content (AvgIpc) is 1.65. The van der Waals surface area contributed by atoms with Crippen LogP contribution in [-0.4, -0.2) is 17.1 Å². The summed E-state index contributed by atoms with van der Waals surface area (Å²) in [5.74, 6) is 0. The molecule has 1 heterocycles. The molecule has 46 valence electrons. The lowest BCUT2D eigenvalue weighted by molar-refractivity contribution is 0.700. The first-order chi connectivity index (χ1) is 3.71. The molecule has 0 fully saturated rings. The van der Waals surface area contributed by atoms with Gasteiger partial charge in [0.1, 0.15) is 4.33 Å². The molecular weight excluding hydrogens is 145 g/mol. The summed E-state index contributed by atoms with van der Waals surface area (Å²) in [6.45, 7) is 0.552. The Kier molecular flexibility index (Phi) is 1.78. The normalized spacial score (nSPS) is 25.8. The number of hydrogen-bond acceptors (Lipinski definition) is 1. The minimum Gasteiger partial charge on any atom is -0.294 e. The van der Waals surface area contributed by atoms with Gasteiger partial charge in [0.15, 0.2) is 0 Å². The highest BCUT2D eigenvalue weighted by Crippen LogP contribution is 2.28. The van der Waals surface area contributed by atoms with E-state index in [0.29, 0.717) is 6.54 Å². The molecule has 3 heteroatoms. The Morgan fingerprint density at radius 2 is 2.25 bits per heavy atom. The second-order valence-corrected chi connectivity index (χ2v) is 3.56. The molecule has 0 atom stereocenters. The summed E-state index contributed by atoms with van der Waals surface area (Å²) in [5, 5.41) is 0. The van der Waals surface area contributed by atoms with Crippen LogP contribution in [0.5, 0.6) is 0 Å². The number of hydrogen-bond donors (Lipinski definition) is 0. The van der Waals surface area contributed by atoms with E-state index in [9.17, 15) is 0 Å². The number of rotatable bonds is 0. The van der Waals surface area contributed by atoms with Crippen LogP contribution in [0.3, 0.4) is 0 Å². The maximum Gasteiger partial charge on any atom is 0.138 e. The fourth-order valence-corrected chi connectivity index (χ4v) is 1.00. The first-order valence-electron chi connectivity index (χ1n) is 2.57. The van der Waals surface area contributed by atoms with Crippen molar-refractivity contribution in [3.05, 3.63) is 0 Å². The van der Waals surface area contributed by atoms with Gasteiger partial charge in [-0.25, -0.2) is 0 Å². The Morgan fingerprint density at radius 3 is 2.50 bits per heavy atom. The van der Waals surface area contributed by atoms with Gasteiger partial charge in [0.05, 0.1) is 6.54 Å². The smallest absolute Gasteiger partial charge is 0.138 e. The largest absolute Gasteiger partial charge is 0.294 e. The van der Waals surface area contributed by atoms with Crippen LogP contribution >= 0.6 is 23.2 Å². The first kappa shape index (κ1) is 6.37. The number of nitrogens with zero attached hydrogens (tertiary/aromatic N) is 1. The van der Waals surface area contributed by atoms with Crippen molar-refractivity contribution in [2.24, 2.45) is 4.99 Å². The lowest BCUT2D eigenvalue weighted by Gasteiger charge is -2.18. The van der Waals surface area contributed by atoms with Crippen LogP contribution in [0.2, 0.25) is 0 Å². The highest BCUT2D eigenvalue weighted by molar-refractivity contribution is 6.48. The molecule has 1 aliphatic rings. The Hall–Kier alpha value is 0.250. The zero-order chi connectivity index (χ0) is 6.04. The second kappa shape index (κ2) is 2.24. The quantitative estimate of drug-likeness (QED) is 0.471. The Labute approximate surface area is 58.7 Å². The molecule has 8 heavy (non-hydrogen) atoms. The van der Waals surface area contributed by atoms with Crippen molar-refractivity contribution in [3.63, 3.8) is 0 Å². The van der Waals surface area contributed by atoms with E-state index in [-0.39, 0.29) is 0 Å². The highest BCUT2D eigenvalue weighted by Gasteiger charge is 2.24. The van der Waals surface area contributed by atoms with E-state index >= 15 is 0 Å². The summed E-state index contributed by atoms with van der Waals surface area (Å²) in [6.07, 6.45) is 3.61. The molecule has 0 unspecified atom stereocenters. The van der Waals surface area contributed by atoms with E-state index in [0.717, 1.165) is 12.8 Å². The van der Waals surface area contributed by atoms with E-state index in [1.54, 1.807) is 0 Å². The van der Waals surface area contributed by atoms with E-state index in [1.165, 1.54) is 0 Å². The molecule has 0 aromatic heterocycles. The van der Waals surface area contributed by atoms with Crippen molar-refractivity contribution in [2.75, 3.05) is 6.54 Å². The van der Waals surface area contributed by atoms with E-state index in [1.807, 2.05) is 6.21 Å². The molecule has 0 saturated heterocycles.